The van der Waals surface area contributed by atoms with E-state index in [2.05, 4.69) is 39.5 Å². The quantitative estimate of drug-likeness (QED) is 0.700. The van der Waals surface area contributed by atoms with Gasteiger partial charge >= 0.3 is 0 Å². The molecule has 1 saturated carbocycles. The molecule has 5 rings (SSSR count). The molecule has 2 aliphatic heterocycles. The number of rotatable bonds is 6. The highest BCUT2D eigenvalue weighted by Gasteiger charge is 2.23. The first-order valence-electron chi connectivity index (χ1n) is 11.2. The summed E-state index contributed by atoms with van der Waals surface area (Å²) in [7, 11) is 0. The molecule has 1 saturated heterocycles. The Morgan fingerprint density at radius 3 is 2.82 bits per heavy atom. The molecule has 5 heteroatoms. The van der Waals surface area contributed by atoms with Crippen LogP contribution in [0.2, 0.25) is 0 Å². The summed E-state index contributed by atoms with van der Waals surface area (Å²) < 4.78 is 0. The van der Waals surface area contributed by atoms with Crippen molar-refractivity contribution in [2.45, 2.75) is 63.5 Å². The number of fused-ring (bicyclic) bond motifs is 1. The zero-order valence-electron chi connectivity index (χ0n) is 16.8. The van der Waals surface area contributed by atoms with E-state index in [0.29, 0.717) is 12.1 Å². The van der Waals surface area contributed by atoms with Crippen LogP contribution in [0.3, 0.4) is 0 Å². The van der Waals surface area contributed by atoms with Gasteiger partial charge < -0.3 is 15.2 Å². The summed E-state index contributed by atoms with van der Waals surface area (Å²) in [6.45, 7) is 3.79. The van der Waals surface area contributed by atoms with Gasteiger partial charge in [-0.25, -0.2) is 0 Å². The Hall–Kier alpha value is -1.46. The van der Waals surface area contributed by atoms with Crippen LogP contribution in [0.25, 0.3) is 10.9 Å². The molecule has 0 amide bonds. The summed E-state index contributed by atoms with van der Waals surface area (Å²) in [5.41, 5.74) is 3.69. The van der Waals surface area contributed by atoms with Crippen molar-refractivity contribution in [2.24, 2.45) is 4.99 Å². The maximum Gasteiger partial charge on any atom is 0.114 e. The van der Waals surface area contributed by atoms with Crippen LogP contribution in [0.4, 0.5) is 5.69 Å². The molecule has 0 radical (unpaired) electrons. The number of hydrogen-bond acceptors (Lipinski definition) is 4. The molecule has 3 aliphatic rings. The van der Waals surface area contributed by atoms with Crippen LogP contribution in [-0.4, -0.2) is 52.4 Å². The maximum absolute atomic E-state index is 5.07. The average Bonchev–Trinajstić information content (AvgIpc) is 3.48. The third-order valence-corrected chi connectivity index (χ3v) is 7.69. The van der Waals surface area contributed by atoms with E-state index in [1.54, 1.807) is 0 Å². The van der Waals surface area contributed by atoms with E-state index in [9.17, 15) is 0 Å². The second-order valence-electron chi connectivity index (χ2n) is 8.67. The predicted octanol–water partition coefficient (Wildman–Crippen LogP) is 5.26. The molecular weight excluding hydrogens is 364 g/mol. The number of nitrogens with one attached hydrogen (secondary N) is 2. The molecule has 0 spiro atoms. The molecule has 0 bridgehead atoms. The normalized spacial score (nSPS) is 24.1. The standard InChI is InChI=1S/C23H32N4S/c1-4-12-27(13-5-1)14-11-19-16-28-23(25-19)21-15-17-7-6-10-20(22(17)26-21)24-18-8-2-3-9-18/h6-7,10,15,18-19,24,26H,1-5,8-9,11-14,16H2. The molecule has 2 N–H and O–H groups in total. The van der Waals surface area contributed by atoms with Gasteiger partial charge in [0.2, 0.25) is 0 Å². The van der Waals surface area contributed by atoms with Crippen molar-refractivity contribution in [1.82, 2.24) is 9.88 Å². The third kappa shape index (κ3) is 4.11. The molecule has 3 heterocycles. The molecule has 1 unspecified atom stereocenters. The average molecular weight is 397 g/mol. The number of para-hydroxylation sites is 1. The first-order chi connectivity index (χ1) is 13.8. The molecule has 2 aromatic rings. The number of nitrogens with zero attached hydrogens (tertiary/aromatic N) is 2. The molecule has 150 valence electrons. The zero-order chi connectivity index (χ0) is 18.8. The van der Waals surface area contributed by atoms with Gasteiger partial charge in [0, 0.05) is 23.7 Å². The second kappa shape index (κ2) is 8.50. The van der Waals surface area contributed by atoms with Gasteiger partial charge in [0.05, 0.1) is 22.9 Å². The highest BCUT2D eigenvalue weighted by molar-refractivity contribution is 8.14. The first-order valence-corrected chi connectivity index (χ1v) is 12.2. The number of aromatic amines is 1. The lowest BCUT2D eigenvalue weighted by atomic mass is 10.1. The summed E-state index contributed by atoms with van der Waals surface area (Å²) in [6.07, 6.45) is 10.7. The number of H-pyrrole nitrogens is 1. The Labute approximate surface area is 172 Å². The van der Waals surface area contributed by atoms with Gasteiger partial charge in [-0.15, -0.1) is 11.8 Å². The van der Waals surface area contributed by atoms with E-state index in [-0.39, 0.29) is 0 Å². The Morgan fingerprint density at radius 1 is 1.11 bits per heavy atom. The summed E-state index contributed by atoms with van der Waals surface area (Å²) in [4.78, 5) is 11.4. The smallest absolute Gasteiger partial charge is 0.114 e. The summed E-state index contributed by atoms with van der Waals surface area (Å²) in [5, 5.41) is 6.26. The molecule has 1 aromatic carbocycles. The number of thioether (sulfide) groups is 1. The summed E-state index contributed by atoms with van der Waals surface area (Å²) in [5.74, 6) is 1.13. The van der Waals surface area contributed by atoms with Gasteiger partial charge in [0.15, 0.2) is 0 Å². The molecule has 1 aromatic heterocycles. The lowest BCUT2D eigenvalue weighted by molar-refractivity contribution is 0.223. The van der Waals surface area contributed by atoms with Crippen LogP contribution in [0.15, 0.2) is 29.3 Å². The Balaban J connectivity index is 1.27. The fourth-order valence-corrected chi connectivity index (χ4v) is 5.99. The van der Waals surface area contributed by atoms with Crippen molar-refractivity contribution in [3.8, 4) is 0 Å². The summed E-state index contributed by atoms with van der Waals surface area (Å²) in [6, 6.07) is 9.99. The second-order valence-corrected chi connectivity index (χ2v) is 9.68. The summed E-state index contributed by atoms with van der Waals surface area (Å²) >= 11 is 1.92. The lowest BCUT2D eigenvalue weighted by Gasteiger charge is -2.26. The molecule has 4 nitrogen and oxygen atoms in total. The van der Waals surface area contributed by atoms with E-state index >= 15 is 0 Å². The van der Waals surface area contributed by atoms with Crippen LogP contribution < -0.4 is 5.32 Å². The van der Waals surface area contributed by atoms with Gasteiger partial charge in [-0.3, -0.25) is 4.99 Å². The number of anilines is 1. The Bertz CT molecular complexity index is 830. The number of hydrogen-bond donors (Lipinski definition) is 2. The molecule has 1 atom stereocenters. The van der Waals surface area contributed by atoms with E-state index in [1.807, 2.05) is 11.8 Å². The number of piperidine rings is 1. The van der Waals surface area contributed by atoms with Crippen molar-refractivity contribution >= 4 is 33.4 Å². The van der Waals surface area contributed by atoms with Crippen LogP contribution in [0.5, 0.6) is 0 Å². The minimum absolute atomic E-state index is 0.476. The first kappa shape index (κ1) is 18.6. The molecular formula is C23H32N4S. The van der Waals surface area contributed by atoms with Crippen LogP contribution in [0.1, 0.15) is 57.1 Å². The fraction of sp³-hybridized carbons (Fsp3) is 0.609. The number of likely N-dealkylation sites (tertiary alicyclic amines) is 1. The predicted molar refractivity (Wildman–Crippen MR) is 122 cm³/mol. The van der Waals surface area contributed by atoms with Gasteiger partial charge in [-0.2, -0.15) is 0 Å². The minimum atomic E-state index is 0.476. The highest BCUT2D eigenvalue weighted by atomic mass is 32.2. The minimum Gasteiger partial charge on any atom is -0.381 e. The van der Waals surface area contributed by atoms with E-state index < -0.39 is 0 Å². The Kier molecular flexibility index (Phi) is 5.63. The van der Waals surface area contributed by atoms with Crippen LogP contribution >= 0.6 is 11.8 Å². The zero-order valence-corrected chi connectivity index (χ0v) is 17.6. The highest BCUT2D eigenvalue weighted by Crippen LogP contribution is 2.31. The van der Waals surface area contributed by atoms with Crippen molar-refractivity contribution in [3.05, 3.63) is 30.0 Å². The van der Waals surface area contributed by atoms with Gasteiger partial charge in [-0.1, -0.05) is 31.4 Å². The van der Waals surface area contributed by atoms with Gasteiger partial charge in [-0.05, 0) is 57.3 Å². The number of aromatic nitrogens is 1. The van der Waals surface area contributed by atoms with Crippen molar-refractivity contribution in [3.63, 3.8) is 0 Å². The number of benzene rings is 1. The molecule has 28 heavy (non-hydrogen) atoms. The van der Waals surface area contributed by atoms with E-state index in [4.69, 9.17) is 4.99 Å². The monoisotopic (exact) mass is 396 g/mol. The Morgan fingerprint density at radius 2 is 1.96 bits per heavy atom. The third-order valence-electron chi connectivity index (χ3n) is 6.54. The van der Waals surface area contributed by atoms with E-state index in [0.717, 1.165) is 5.75 Å². The van der Waals surface area contributed by atoms with Crippen LogP contribution in [0, 0.1) is 0 Å². The van der Waals surface area contributed by atoms with Crippen LogP contribution in [-0.2, 0) is 0 Å². The van der Waals surface area contributed by atoms with Crippen molar-refractivity contribution in [1.29, 1.82) is 0 Å². The van der Waals surface area contributed by atoms with Gasteiger partial charge in [0.1, 0.15) is 5.04 Å². The van der Waals surface area contributed by atoms with Crippen molar-refractivity contribution in [2.75, 3.05) is 30.7 Å². The number of aliphatic imine (C=N–C) groups is 1. The van der Waals surface area contributed by atoms with Crippen molar-refractivity contribution < 1.29 is 0 Å². The van der Waals surface area contributed by atoms with E-state index in [1.165, 1.54) is 98.3 Å². The molecule has 2 fully saturated rings. The molecule has 1 aliphatic carbocycles. The van der Waals surface area contributed by atoms with Gasteiger partial charge in [0.25, 0.3) is 0 Å². The topological polar surface area (TPSA) is 43.4 Å². The fourth-order valence-electron chi connectivity index (χ4n) is 4.91. The lowest BCUT2D eigenvalue weighted by Crippen LogP contribution is -2.32. The largest absolute Gasteiger partial charge is 0.381 e. The SMILES string of the molecule is c1cc(NC2CCCC2)c2[nH]c(C3=NC(CCN4CCCCC4)CS3)cc2c1. The maximum atomic E-state index is 5.07.